The van der Waals surface area contributed by atoms with Crippen LogP contribution in [0.5, 0.6) is 0 Å². The molecule has 0 radical (unpaired) electrons. The monoisotopic (exact) mass is 557 g/mol. The van der Waals surface area contributed by atoms with E-state index in [4.69, 9.17) is 16.6 Å². The van der Waals surface area contributed by atoms with Crippen molar-refractivity contribution in [2.45, 2.75) is 22.6 Å². The number of nitrogens with zero attached hydrogens (tertiary/aromatic N) is 1. The molecule has 0 saturated heterocycles. The minimum Gasteiger partial charge on any atom is -0.344 e. The molecular formula is C30H24ClN3O2S2. The summed E-state index contributed by atoms with van der Waals surface area (Å²) in [4.78, 5) is 30.5. The molecule has 1 unspecified atom stereocenters. The average molecular weight is 558 g/mol. The summed E-state index contributed by atoms with van der Waals surface area (Å²) in [6, 6.07) is 32.0. The molecule has 5 aromatic rings. The second-order valence-corrected chi connectivity index (χ2v) is 11.7. The van der Waals surface area contributed by atoms with Crippen LogP contribution in [0.3, 0.4) is 0 Å². The molecule has 0 aliphatic heterocycles. The van der Waals surface area contributed by atoms with Gasteiger partial charge in [0.2, 0.25) is 5.91 Å². The van der Waals surface area contributed by atoms with Crippen molar-refractivity contribution < 1.29 is 9.59 Å². The minimum absolute atomic E-state index is 0.0668. The molecule has 38 heavy (non-hydrogen) atoms. The number of thioether (sulfide) groups is 1. The highest BCUT2D eigenvalue weighted by molar-refractivity contribution is 8.02. The van der Waals surface area contributed by atoms with Crippen LogP contribution in [0, 0.1) is 0 Å². The normalized spacial score (nSPS) is 11.9. The third kappa shape index (κ3) is 6.25. The molecule has 0 bridgehead atoms. The van der Waals surface area contributed by atoms with E-state index in [-0.39, 0.29) is 23.1 Å². The van der Waals surface area contributed by atoms with Gasteiger partial charge in [-0.1, -0.05) is 84.0 Å². The second-order valence-electron chi connectivity index (χ2n) is 8.65. The lowest BCUT2D eigenvalue weighted by molar-refractivity contribution is -0.120. The van der Waals surface area contributed by atoms with Gasteiger partial charge in [0.05, 0.1) is 21.5 Å². The van der Waals surface area contributed by atoms with Crippen molar-refractivity contribution in [3.8, 4) is 0 Å². The van der Waals surface area contributed by atoms with E-state index in [9.17, 15) is 9.59 Å². The van der Waals surface area contributed by atoms with Crippen LogP contribution < -0.4 is 10.6 Å². The van der Waals surface area contributed by atoms with Crippen molar-refractivity contribution >= 4 is 62.4 Å². The van der Waals surface area contributed by atoms with Gasteiger partial charge >= 0.3 is 0 Å². The highest BCUT2D eigenvalue weighted by Gasteiger charge is 2.22. The van der Waals surface area contributed by atoms with Crippen molar-refractivity contribution in [2.24, 2.45) is 0 Å². The van der Waals surface area contributed by atoms with Gasteiger partial charge in [-0.3, -0.25) is 9.59 Å². The van der Waals surface area contributed by atoms with E-state index >= 15 is 0 Å². The van der Waals surface area contributed by atoms with Gasteiger partial charge in [-0.05, 0) is 60.5 Å². The fraction of sp³-hybridized carbons (Fsp3) is 0.100. The number of amides is 2. The Labute approximate surface area is 234 Å². The molecule has 1 heterocycles. The number of carbonyl (C=O) groups is 2. The SMILES string of the molecule is CC(Sc1nc2ccc(NC(=O)c3ccc(Cl)cc3)cc2s1)C(=O)NC(c1ccccc1)c1ccccc1. The zero-order valence-corrected chi connectivity index (χ0v) is 22.8. The van der Waals surface area contributed by atoms with Gasteiger partial charge in [-0.25, -0.2) is 4.98 Å². The van der Waals surface area contributed by atoms with Crippen molar-refractivity contribution in [3.63, 3.8) is 0 Å². The van der Waals surface area contributed by atoms with Crippen molar-refractivity contribution in [3.05, 3.63) is 125 Å². The third-order valence-electron chi connectivity index (χ3n) is 5.93. The van der Waals surface area contributed by atoms with Crippen LogP contribution in [-0.4, -0.2) is 22.0 Å². The predicted octanol–water partition coefficient (Wildman–Crippen LogP) is 7.59. The van der Waals surface area contributed by atoms with Crippen LogP contribution in [0.2, 0.25) is 5.02 Å². The first kappa shape index (κ1) is 26.0. The maximum absolute atomic E-state index is 13.2. The van der Waals surface area contributed by atoms with Gasteiger partial charge in [0.15, 0.2) is 4.34 Å². The minimum atomic E-state index is -0.352. The molecule has 0 aliphatic carbocycles. The van der Waals surface area contributed by atoms with Gasteiger partial charge < -0.3 is 10.6 Å². The van der Waals surface area contributed by atoms with Gasteiger partial charge in [-0.15, -0.1) is 11.3 Å². The molecule has 190 valence electrons. The molecule has 0 aliphatic rings. The highest BCUT2D eigenvalue weighted by Crippen LogP contribution is 2.34. The van der Waals surface area contributed by atoms with Crippen LogP contribution in [-0.2, 0) is 4.79 Å². The first-order valence-electron chi connectivity index (χ1n) is 12.0. The topological polar surface area (TPSA) is 71.1 Å². The van der Waals surface area contributed by atoms with Crippen molar-refractivity contribution in [2.75, 3.05) is 5.32 Å². The lowest BCUT2D eigenvalue weighted by atomic mass is 9.98. The maximum atomic E-state index is 13.2. The van der Waals surface area contributed by atoms with E-state index in [1.165, 1.54) is 23.1 Å². The van der Waals surface area contributed by atoms with Gasteiger partial charge in [0.25, 0.3) is 5.91 Å². The van der Waals surface area contributed by atoms with Crippen LogP contribution in [0.25, 0.3) is 10.2 Å². The molecule has 1 aromatic heterocycles. The molecule has 4 aromatic carbocycles. The number of hydrogen-bond acceptors (Lipinski definition) is 5. The Morgan fingerprint density at radius 2 is 1.50 bits per heavy atom. The number of carbonyl (C=O) groups excluding carboxylic acids is 2. The summed E-state index contributed by atoms with van der Waals surface area (Å²) >= 11 is 8.84. The van der Waals surface area contributed by atoms with E-state index in [1.807, 2.05) is 85.8 Å². The molecular weight excluding hydrogens is 534 g/mol. The Morgan fingerprint density at radius 1 is 0.868 bits per heavy atom. The van der Waals surface area contributed by atoms with Gasteiger partial charge in [-0.2, -0.15) is 0 Å². The Kier molecular flexibility index (Phi) is 8.08. The summed E-state index contributed by atoms with van der Waals surface area (Å²) < 4.78 is 1.72. The van der Waals surface area contributed by atoms with Crippen molar-refractivity contribution in [1.82, 2.24) is 10.3 Å². The number of benzene rings is 4. The number of nitrogens with one attached hydrogen (secondary N) is 2. The van der Waals surface area contributed by atoms with Gasteiger partial charge in [0.1, 0.15) is 0 Å². The quantitative estimate of drug-likeness (QED) is 0.193. The first-order chi connectivity index (χ1) is 18.5. The van der Waals surface area contributed by atoms with Crippen LogP contribution in [0.4, 0.5) is 5.69 Å². The maximum Gasteiger partial charge on any atom is 0.255 e. The Bertz CT molecular complexity index is 1520. The fourth-order valence-electron chi connectivity index (χ4n) is 3.95. The highest BCUT2D eigenvalue weighted by atomic mass is 35.5. The molecule has 8 heteroatoms. The molecule has 5 rings (SSSR count). The zero-order chi connectivity index (χ0) is 26.5. The van der Waals surface area contributed by atoms with Crippen LogP contribution in [0.1, 0.15) is 34.5 Å². The number of anilines is 1. The summed E-state index contributed by atoms with van der Waals surface area (Å²) in [6.45, 7) is 1.89. The fourth-order valence-corrected chi connectivity index (χ4v) is 6.34. The smallest absolute Gasteiger partial charge is 0.255 e. The summed E-state index contributed by atoms with van der Waals surface area (Å²) in [5.41, 5.74) is 4.08. The van der Waals surface area contributed by atoms with E-state index in [1.54, 1.807) is 24.3 Å². The summed E-state index contributed by atoms with van der Waals surface area (Å²) in [5.74, 6) is -0.278. The van der Waals surface area contributed by atoms with Crippen LogP contribution >= 0.6 is 34.7 Å². The number of thiazole rings is 1. The number of aromatic nitrogens is 1. The average Bonchev–Trinajstić information content (AvgIpc) is 3.34. The summed E-state index contributed by atoms with van der Waals surface area (Å²) in [7, 11) is 0. The van der Waals surface area contributed by atoms with Crippen molar-refractivity contribution in [1.29, 1.82) is 0 Å². The number of fused-ring (bicyclic) bond motifs is 1. The third-order valence-corrected chi connectivity index (χ3v) is 8.40. The second kappa shape index (κ2) is 11.8. The summed E-state index contributed by atoms with van der Waals surface area (Å²) in [5, 5.41) is 6.36. The number of rotatable bonds is 8. The number of halogens is 1. The largest absolute Gasteiger partial charge is 0.344 e. The van der Waals surface area contributed by atoms with E-state index in [0.717, 1.165) is 25.7 Å². The molecule has 2 N–H and O–H groups in total. The van der Waals surface area contributed by atoms with Gasteiger partial charge in [0, 0.05) is 16.3 Å². The Hall–Kier alpha value is -3.65. The molecule has 0 spiro atoms. The molecule has 2 amide bonds. The molecule has 1 atom stereocenters. The first-order valence-corrected chi connectivity index (χ1v) is 14.1. The molecule has 5 nitrogen and oxygen atoms in total. The molecule has 0 saturated carbocycles. The van der Waals surface area contributed by atoms with E-state index in [2.05, 4.69) is 10.6 Å². The predicted molar refractivity (Wildman–Crippen MR) is 157 cm³/mol. The number of hydrogen-bond donors (Lipinski definition) is 2. The zero-order valence-electron chi connectivity index (χ0n) is 20.4. The summed E-state index contributed by atoms with van der Waals surface area (Å²) in [6.07, 6.45) is 0. The van der Waals surface area contributed by atoms with E-state index < -0.39 is 0 Å². The lowest BCUT2D eigenvalue weighted by Gasteiger charge is -2.21. The molecule has 0 fully saturated rings. The standard InChI is InChI=1S/C30H24ClN3O2S2/c1-19(28(35)34-27(20-8-4-2-5-9-20)21-10-6-3-7-11-21)37-30-33-25-17-16-24(18-26(25)38-30)32-29(36)22-12-14-23(31)15-13-22/h2-19,27H,1H3,(H,32,36)(H,34,35). The Morgan fingerprint density at radius 3 is 2.13 bits per heavy atom. The lowest BCUT2D eigenvalue weighted by Crippen LogP contribution is -2.34. The Balaban J connectivity index is 1.27. The van der Waals surface area contributed by atoms with E-state index in [0.29, 0.717) is 16.3 Å². The van der Waals surface area contributed by atoms with Crippen LogP contribution in [0.15, 0.2) is 107 Å².